The lowest BCUT2D eigenvalue weighted by atomic mass is 10.0. The molecule has 0 radical (unpaired) electrons. The molecule has 0 aromatic rings. The van der Waals surface area contributed by atoms with E-state index in [0.717, 1.165) is 0 Å². The molecule has 0 rings (SSSR count). The highest BCUT2D eigenvalue weighted by Crippen LogP contribution is 2.18. The van der Waals surface area contributed by atoms with E-state index in [2.05, 4.69) is 44.0 Å². The number of rotatable bonds is 33. The Kier molecular flexibility index (Phi) is 33.0. The molecule has 0 aromatic carbocycles. The van der Waals surface area contributed by atoms with E-state index in [0.29, 0.717) is 0 Å². The molecule has 2 heteroatoms. The molecule has 40 heavy (non-hydrogen) atoms. The molecule has 0 fully saturated rings. The van der Waals surface area contributed by atoms with E-state index >= 15 is 0 Å². The molecule has 0 spiro atoms. The fourth-order valence-corrected chi connectivity index (χ4v) is 7.61. The summed E-state index contributed by atoms with van der Waals surface area (Å²) in [6.45, 7) is 8.64. The van der Waals surface area contributed by atoms with Gasteiger partial charge in [0, 0.05) is 0 Å². The molecule has 0 heterocycles. The molecular formula is C38H73ClSi. The molecule has 0 aliphatic heterocycles. The molecule has 0 aliphatic rings. The first-order valence-corrected chi connectivity index (χ1v) is 21.6. The van der Waals surface area contributed by atoms with Crippen molar-refractivity contribution in [3.8, 4) is 0 Å². The lowest BCUT2D eigenvalue weighted by Crippen LogP contribution is -2.18. The normalized spacial score (nSPS) is 12.3. The van der Waals surface area contributed by atoms with Crippen LogP contribution in [-0.4, -0.2) is 7.38 Å². The summed E-state index contributed by atoms with van der Waals surface area (Å²) in [7, 11) is -2.06. The molecule has 0 saturated heterocycles. The summed E-state index contributed by atoms with van der Waals surface area (Å²) in [4.78, 5) is 0. The smallest absolute Gasteiger partial charge is 0.151 e. The average Bonchev–Trinajstić information content (AvgIpc) is 2.96. The Hall–Kier alpha value is -0.273. The van der Waals surface area contributed by atoms with E-state index in [1.165, 1.54) is 193 Å². The molecule has 0 amide bonds. The average molecular weight is 594 g/mol. The maximum absolute atomic E-state index is 6.90. The highest BCUT2D eigenvalue weighted by molar-refractivity contribution is 7.28. The van der Waals surface area contributed by atoms with Gasteiger partial charge in [0.1, 0.15) is 0 Å². The highest BCUT2D eigenvalue weighted by Gasteiger charge is 2.18. The van der Waals surface area contributed by atoms with Gasteiger partial charge in [-0.05, 0) is 25.7 Å². The predicted octanol–water partition coefficient (Wildman–Crippen LogP) is 14.8. The van der Waals surface area contributed by atoms with E-state index < -0.39 is 7.38 Å². The van der Waals surface area contributed by atoms with Crippen molar-refractivity contribution in [1.82, 2.24) is 0 Å². The zero-order valence-corrected chi connectivity index (χ0v) is 29.4. The summed E-state index contributed by atoms with van der Waals surface area (Å²) in [5, 5.41) is 0. The lowest BCUT2D eigenvalue weighted by molar-refractivity contribution is 0.536. The van der Waals surface area contributed by atoms with Crippen LogP contribution in [-0.2, 0) is 0 Å². The minimum absolute atomic E-state index is 1.17. The SMILES string of the molecule is C=C[Si](Cl)(/C=C/CCCCCCCCCCCCCCCC)/C=C/CCCCCCCCCCCCCCCC. The van der Waals surface area contributed by atoms with Gasteiger partial charge < -0.3 is 0 Å². The Bertz CT molecular complexity index is 510. The van der Waals surface area contributed by atoms with Crippen molar-refractivity contribution < 1.29 is 0 Å². The molecule has 236 valence electrons. The first-order chi connectivity index (χ1) is 19.7. The summed E-state index contributed by atoms with van der Waals surface area (Å²) in [6.07, 6.45) is 46.7. The largest absolute Gasteiger partial charge is 0.225 e. The highest BCUT2D eigenvalue weighted by atomic mass is 35.6. The van der Waals surface area contributed by atoms with Crippen LogP contribution in [0.15, 0.2) is 35.8 Å². The van der Waals surface area contributed by atoms with Gasteiger partial charge in [0.05, 0.1) is 0 Å². The molecule has 0 nitrogen and oxygen atoms in total. The molecule has 0 aromatic heterocycles. The van der Waals surface area contributed by atoms with E-state index in [-0.39, 0.29) is 0 Å². The summed E-state index contributed by atoms with van der Waals surface area (Å²) in [5.74, 6) is 0. The Morgan fingerprint density at radius 2 is 0.625 bits per heavy atom. The van der Waals surface area contributed by atoms with Crippen molar-refractivity contribution in [2.24, 2.45) is 0 Å². The monoisotopic (exact) mass is 593 g/mol. The van der Waals surface area contributed by atoms with Gasteiger partial charge in [0.25, 0.3) is 0 Å². The van der Waals surface area contributed by atoms with Crippen LogP contribution in [0.25, 0.3) is 0 Å². The van der Waals surface area contributed by atoms with Crippen LogP contribution >= 0.6 is 11.1 Å². The third kappa shape index (κ3) is 30.7. The van der Waals surface area contributed by atoms with Gasteiger partial charge in [-0.15, -0.1) is 6.58 Å². The molecule has 0 aliphatic carbocycles. The minimum Gasteiger partial charge on any atom is -0.151 e. The van der Waals surface area contributed by atoms with Gasteiger partial charge >= 0.3 is 0 Å². The van der Waals surface area contributed by atoms with Crippen LogP contribution in [0, 0.1) is 0 Å². The van der Waals surface area contributed by atoms with Crippen LogP contribution < -0.4 is 0 Å². The van der Waals surface area contributed by atoms with Crippen molar-refractivity contribution in [1.29, 1.82) is 0 Å². The molecule has 0 saturated carbocycles. The molecule has 0 unspecified atom stereocenters. The van der Waals surface area contributed by atoms with Crippen LogP contribution in [0.4, 0.5) is 0 Å². The van der Waals surface area contributed by atoms with E-state index in [1.54, 1.807) is 0 Å². The van der Waals surface area contributed by atoms with Crippen molar-refractivity contribution in [3.05, 3.63) is 35.8 Å². The first-order valence-electron chi connectivity index (χ1n) is 18.4. The summed E-state index contributed by atoms with van der Waals surface area (Å²) in [5.41, 5.74) is 6.58. The zero-order chi connectivity index (χ0) is 29.2. The van der Waals surface area contributed by atoms with Gasteiger partial charge in [-0.25, -0.2) is 0 Å². The standard InChI is InChI=1S/C38H73ClSi/c1-4-7-9-11-13-15-17-19-21-23-25-27-29-31-33-35-37-40(39,6-3)38-36-34-32-30-28-26-24-22-20-18-16-14-12-10-8-5-2/h6,35-38H,3-5,7-34H2,1-2H3/b37-35+,38-36+. The van der Waals surface area contributed by atoms with Crippen molar-refractivity contribution in [2.75, 3.05) is 0 Å². The second kappa shape index (κ2) is 33.2. The quantitative estimate of drug-likeness (QED) is 0.0403. The van der Waals surface area contributed by atoms with Gasteiger partial charge in [0.15, 0.2) is 0 Å². The minimum atomic E-state index is -2.06. The molecule has 0 atom stereocenters. The van der Waals surface area contributed by atoms with E-state index in [1.807, 2.05) is 5.70 Å². The van der Waals surface area contributed by atoms with Gasteiger partial charge in [-0.1, -0.05) is 210 Å². The fraction of sp³-hybridized carbons (Fsp3) is 0.842. The molecule has 0 N–H and O–H groups in total. The lowest BCUT2D eigenvalue weighted by Gasteiger charge is -2.10. The fourth-order valence-electron chi connectivity index (χ4n) is 5.63. The summed E-state index contributed by atoms with van der Waals surface area (Å²) < 4.78 is 0. The number of hydrogen-bond acceptors (Lipinski definition) is 0. The number of allylic oxidation sites excluding steroid dienone is 2. The van der Waals surface area contributed by atoms with Gasteiger partial charge in [-0.2, -0.15) is 11.1 Å². The third-order valence-electron chi connectivity index (χ3n) is 8.51. The maximum atomic E-state index is 6.90. The second-order valence-corrected chi connectivity index (χ2v) is 17.3. The number of halogens is 1. The van der Waals surface area contributed by atoms with Crippen molar-refractivity contribution >= 4 is 18.5 Å². The third-order valence-corrected chi connectivity index (χ3v) is 11.8. The molecule has 0 bridgehead atoms. The number of hydrogen-bond donors (Lipinski definition) is 0. The maximum Gasteiger partial charge on any atom is 0.225 e. The van der Waals surface area contributed by atoms with Gasteiger partial charge in [0.2, 0.25) is 7.38 Å². The van der Waals surface area contributed by atoms with Crippen LogP contribution in [0.2, 0.25) is 0 Å². The van der Waals surface area contributed by atoms with Crippen molar-refractivity contribution in [2.45, 2.75) is 206 Å². The Morgan fingerprint density at radius 3 is 0.850 bits per heavy atom. The second-order valence-electron chi connectivity index (χ2n) is 12.6. The Morgan fingerprint density at radius 1 is 0.400 bits per heavy atom. The summed E-state index contributed by atoms with van der Waals surface area (Å²) in [6, 6.07) is 0. The van der Waals surface area contributed by atoms with E-state index in [9.17, 15) is 0 Å². The first kappa shape index (κ1) is 39.7. The van der Waals surface area contributed by atoms with Crippen LogP contribution in [0.1, 0.15) is 206 Å². The van der Waals surface area contributed by atoms with Crippen LogP contribution in [0.3, 0.4) is 0 Å². The predicted molar refractivity (Wildman–Crippen MR) is 190 cm³/mol. The van der Waals surface area contributed by atoms with Gasteiger partial charge in [-0.3, -0.25) is 0 Å². The van der Waals surface area contributed by atoms with Crippen molar-refractivity contribution in [3.63, 3.8) is 0 Å². The summed E-state index contributed by atoms with van der Waals surface area (Å²) >= 11 is 6.90. The van der Waals surface area contributed by atoms with E-state index in [4.69, 9.17) is 11.1 Å². The zero-order valence-electron chi connectivity index (χ0n) is 27.7. The topological polar surface area (TPSA) is 0 Å². The Labute approximate surface area is 260 Å². The van der Waals surface area contributed by atoms with Crippen LogP contribution in [0.5, 0.6) is 0 Å². The number of unbranched alkanes of at least 4 members (excludes halogenated alkanes) is 28. The Balaban J connectivity index is 3.55. The molecular weight excluding hydrogens is 520 g/mol.